The van der Waals surface area contributed by atoms with Crippen molar-refractivity contribution in [2.24, 2.45) is 11.8 Å². The molecule has 4 aromatic rings. The van der Waals surface area contributed by atoms with Gasteiger partial charge in [-0.3, -0.25) is 14.0 Å². The highest BCUT2D eigenvalue weighted by molar-refractivity contribution is 5.96. The Morgan fingerprint density at radius 3 is 1.81 bits per heavy atom. The Kier molecular flexibility index (Phi) is 19.5. The molecule has 0 saturated carbocycles. The molecule has 72 heavy (non-hydrogen) atoms. The van der Waals surface area contributed by atoms with E-state index in [-0.39, 0.29) is 29.0 Å². The van der Waals surface area contributed by atoms with Crippen LogP contribution in [0.5, 0.6) is 5.75 Å². The number of likely N-dealkylation sites (tertiary alicyclic amines) is 1. The summed E-state index contributed by atoms with van der Waals surface area (Å²) >= 11 is 0. The SMILES string of the molecule is CCc1cc(Nc2nccn3c(-c4ccc(OC(F)F)c(F)c4F)cnc23)ccc1C(=O)N1CCN(C(=O)C2CCN(CC3CNC3)CC2)CC1.O=C(O)C(F)(F)F.O=C(O)C(F)(F)F.O=C(O)C(F)(F)F. The quantitative estimate of drug-likeness (QED) is 0.105. The minimum Gasteiger partial charge on any atom is -0.475 e. The number of aryl methyl sites for hydroxylation is 1. The zero-order valence-electron chi connectivity index (χ0n) is 37.2. The molecule has 0 unspecified atom stereocenters. The van der Waals surface area contributed by atoms with Crippen molar-refractivity contribution in [3.63, 3.8) is 0 Å². The Bertz CT molecular complexity index is 2480. The number of aliphatic carboxylic acids is 3. The molecule has 17 nitrogen and oxygen atoms in total. The molecule has 3 aliphatic rings. The summed E-state index contributed by atoms with van der Waals surface area (Å²) in [5, 5.41) is 27.9. The van der Waals surface area contributed by atoms with Crippen molar-refractivity contribution in [3.05, 3.63) is 71.7 Å². The van der Waals surface area contributed by atoms with Crippen molar-refractivity contribution in [1.29, 1.82) is 0 Å². The molecule has 396 valence electrons. The number of carboxylic acid groups (broad SMARTS) is 3. The number of halogens is 13. The molecule has 5 N–H and O–H groups in total. The number of hydrogen-bond acceptors (Lipinski definition) is 11. The summed E-state index contributed by atoms with van der Waals surface area (Å²) in [6.45, 7) is 5.86. The number of ether oxygens (including phenoxy) is 1. The van der Waals surface area contributed by atoms with E-state index in [9.17, 15) is 66.7 Å². The molecule has 30 heteroatoms. The first-order chi connectivity index (χ1) is 33.5. The van der Waals surface area contributed by atoms with E-state index in [0.717, 1.165) is 69.2 Å². The normalized spacial score (nSPS) is 15.8. The fourth-order valence-corrected chi connectivity index (χ4v) is 7.20. The van der Waals surface area contributed by atoms with Gasteiger partial charge in [-0.05, 0) is 74.2 Å². The molecule has 0 bridgehead atoms. The van der Waals surface area contributed by atoms with Crippen LogP contribution in [0.2, 0.25) is 0 Å². The van der Waals surface area contributed by atoms with Crippen LogP contribution in [0.4, 0.5) is 68.6 Å². The number of piperidine rings is 1. The highest BCUT2D eigenvalue weighted by atomic mass is 19.4. The van der Waals surface area contributed by atoms with E-state index in [1.54, 1.807) is 12.1 Å². The maximum Gasteiger partial charge on any atom is 0.490 e. The Morgan fingerprint density at radius 2 is 1.32 bits per heavy atom. The lowest BCUT2D eigenvalue weighted by atomic mass is 9.93. The fourth-order valence-electron chi connectivity index (χ4n) is 7.20. The molecule has 0 atom stereocenters. The lowest BCUT2D eigenvalue weighted by Gasteiger charge is -2.40. The summed E-state index contributed by atoms with van der Waals surface area (Å²) < 4.78 is 155. The molecule has 3 fully saturated rings. The first-order valence-electron chi connectivity index (χ1n) is 21.1. The van der Waals surface area contributed by atoms with Crippen molar-refractivity contribution in [2.75, 3.05) is 64.2 Å². The van der Waals surface area contributed by atoms with Gasteiger partial charge in [0, 0.05) is 80.9 Å². The number of nitrogens with zero attached hydrogens (tertiary/aromatic N) is 6. The highest BCUT2D eigenvalue weighted by Gasteiger charge is 2.40. The molecular weight excluding hydrogens is 1010 g/mol. The molecule has 3 aliphatic heterocycles. The standard InChI is InChI=1S/C36H40F4N8O3.3C2HF3O2/c1-2-23-17-25(44-32-33-43-20-28(48(33)12-9-42-32)27-5-6-29(51-36(39)40)31(38)30(27)37)3-4-26(23)35(50)47-15-13-46(14-16-47)34(49)24-7-10-45(11-8-24)21-22-18-41-19-22;3*3-2(4,5)1(6)7/h3-6,9,12,17,20,22,24,36,41H,2,7-8,10-11,13-16,18-19,21H2,1H3,(H,42,44);3*(H,6,7). The van der Waals surface area contributed by atoms with Gasteiger partial charge in [0.25, 0.3) is 5.91 Å². The van der Waals surface area contributed by atoms with Crippen molar-refractivity contribution in [2.45, 2.75) is 51.3 Å². The summed E-state index contributed by atoms with van der Waals surface area (Å²) in [4.78, 5) is 68.6. The zero-order chi connectivity index (χ0) is 53.9. The Hall–Kier alpha value is -6.98. The summed E-state index contributed by atoms with van der Waals surface area (Å²) in [5.41, 5.74) is 2.34. The van der Waals surface area contributed by atoms with Crippen molar-refractivity contribution in [1.82, 2.24) is 34.4 Å². The first-order valence-corrected chi connectivity index (χ1v) is 21.1. The van der Waals surface area contributed by atoms with Crippen LogP contribution in [0.3, 0.4) is 0 Å². The van der Waals surface area contributed by atoms with Gasteiger partial charge in [0.2, 0.25) is 11.7 Å². The number of aromatic nitrogens is 3. The summed E-state index contributed by atoms with van der Waals surface area (Å²) in [5.74, 6) is -10.8. The Balaban J connectivity index is 0.000000449. The van der Waals surface area contributed by atoms with Gasteiger partial charge in [0.15, 0.2) is 23.0 Å². The van der Waals surface area contributed by atoms with Crippen LogP contribution >= 0.6 is 0 Å². The Labute approximate surface area is 398 Å². The average molecular weight is 1050 g/mol. The number of hydrogen-bond donors (Lipinski definition) is 5. The number of piperazine rings is 1. The predicted octanol–water partition coefficient (Wildman–Crippen LogP) is 6.70. The number of nitrogens with one attached hydrogen (secondary N) is 2. The number of benzene rings is 2. The van der Waals surface area contributed by atoms with Crippen LogP contribution in [-0.4, -0.2) is 158 Å². The lowest BCUT2D eigenvalue weighted by Crippen LogP contribution is -2.54. The zero-order valence-corrected chi connectivity index (χ0v) is 37.2. The van der Waals surface area contributed by atoms with Crippen LogP contribution in [-0.2, 0) is 25.6 Å². The van der Waals surface area contributed by atoms with E-state index >= 15 is 0 Å². The fraction of sp³-hybridized carbons (Fsp3) is 0.452. The summed E-state index contributed by atoms with van der Waals surface area (Å²) in [7, 11) is 0. The summed E-state index contributed by atoms with van der Waals surface area (Å²) in [6.07, 6.45) is -8.57. The lowest BCUT2D eigenvalue weighted by molar-refractivity contribution is -0.193. The maximum atomic E-state index is 14.9. The number of carboxylic acids is 3. The van der Waals surface area contributed by atoms with Crippen molar-refractivity contribution in [3.8, 4) is 17.0 Å². The molecule has 7 rings (SSSR count). The maximum absolute atomic E-state index is 14.9. The molecule has 2 amide bonds. The first kappa shape index (κ1) is 57.6. The molecule has 2 aromatic carbocycles. The van der Waals surface area contributed by atoms with Gasteiger partial charge in [0.1, 0.15) is 0 Å². The van der Waals surface area contributed by atoms with Gasteiger partial charge in [-0.1, -0.05) is 6.92 Å². The number of anilines is 2. The average Bonchev–Trinajstić information content (AvgIpc) is 3.73. The third kappa shape index (κ3) is 15.8. The van der Waals surface area contributed by atoms with E-state index in [4.69, 9.17) is 29.7 Å². The third-order valence-corrected chi connectivity index (χ3v) is 10.9. The molecule has 2 aromatic heterocycles. The van der Waals surface area contributed by atoms with Crippen molar-refractivity contribution < 1.29 is 101 Å². The number of amides is 2. The molecule has 0 radical (unpaired) electrons. The number of carbonyl (C=O) groups excluding carboxylic acids is 2. The van der Waals surface area contributed by atoms with Crippen LogP contribution in [0.25, 0.3) is 16.9 Å². The monoisotopic (exact) mass is 1050 g/mol. The van der Waals surface area contributed by atoms with E-state index < -0.39 is 60.4 Å². The number of fused-ring (bicyclic) bond motifs is 1. The third-order valence-electron chi connectivity index (χ3n) is 10.9. The number of rotatable bonds is 10. The van der Waals surface area contributed by atoms with E-state index in [1.165, 1.54) is 23.0 Å². The van der Waals surface area contributed by atoms with Crippen LogP contribution in [0.15, 0.2) is 48.9 Å². The summed E-state index contributed by atoms with van der Waals surface area (Å²) in [6, 6.07) is 7.49. The van der Waals surface area contributed by atoms with Gasteiger partial charge in [-0.25, -0.2) is 28.7 Å². The van der Waals surface area contributed by atoms with Gasteiger partial charge in [-0.2, -0.15) is 52.7 Å². The second-order valence-corrected chi connectivity index (χ2v) is 15.7. The van der Waals surface area contributed by atoms with Gasteiger partial charge in [-0.15, -0.1) is 0 Å². The Morgan fingerprint density at radius 1 is 0.778 bits per heavy atom. The molecular formula is C42H43F13N8O9. The van der Waals surface area contributed by atoms with Crippen LogP contribution < -0.4 is 15.4 Å². The minimum absolute atomic E-state index is 0.0505. The van der Waals surface area contributed by atoms with E-state index in [2.05, 4.69) is 30.2 Å². The van der Waals surface area contributed by atoms with Crippen LogP contribution in [0.1, 0.15) is 35.7 Å². The second-order valence-electron chi connectivity index (χ2n) is 15.7. The smallest absolute Gasteiger partial charge is 0.475 e. The minimum atomic E-state index is -5.08. The molecule has 0 spiro atoms. The largest absolute Gasteiger partial charge is 0.490 e. The van der Waals surface area contributed by atoms with Crippen LogP contribution in [0, 0.1) is 23.5 Å². The molecule has 3 saturated heterocycles. The number of alkyl halides is 11. The molecule has 5 heterocycles. The van der Waals surface area contributed by atoms with E-state index in [0.29, 0.717) is 55.3 Å². The predicted molar refractivity (Wildman–Crippen MR) is 223 cm³/mol. The number of carbonyl (C=O) groups is 5. The van der Waals surface area contributed by atoms with E-state index in [1.807, 2.05) is 22.8 Å². The second kappa shape index (κ2) is 24.4. The van der Waals surface area contributed by atoms with Gasteiger partial charge in [0.05, 0.1) is 11.9 Å². The number of imidazole rings is 1. The van der Waals surface area contributed by atoms with Crippen molar-refractivity contribution >= 4 is 46.9 Å². The molecule has 0 aliphatic carbocycles. The van der Waals surface area contributed by atoms with Gasteiger partial charge < -0.3 is 45.4 Å². The topological polar surface area (TPSA) is 219 Å². The van der Waals surface area contributed by atoms with Gasteiger partial charge >= 0.3 is 43.0 Å². The highest BCUT2D eigenvalue weighted by Crippen LogP contribution is 2.33.